The number of benzene rings is 1. The van der Waals surface area contributed by atoms with E-state index in [0.717, 1.165) is 0 Å². The minimum atomic E-state index is -0.979. The van der Waals surface area contributed by atoms with Crippen LogP contribution in [0.4, 0.5) is 0 Å². The van der Waals surface area contributed by atoms with Crippen molar-refractivity contribution in [2.45, 2.75) is 0 Å². The van der Waals surface area contributed by atoms with Crippen molar-refractivity contribution in [1.82, 2.24) is 4.90 Å². The monoisotopic (exact) mass is 289 g/mol. The summed E-state index contributed by atoms with van der Waals surface area (Å²) in [6, 6.07) is 6.54. The van der Waals surface area contributed by atoms with Crippen LogP contribution in [0.25, 0.3) is 0 Å². The normalized spacial score (nSPS) is 14.7. The number of carbonyl (C=O) groups excluding carboxylic acids is 1. The van der Waals surface area contributed by atoms with E-state index >= 15 is 0 Å². The van der Waals surface area contributed by atoms with E-state index < -0.39 is 7.12 Å². The summed E-state index contributed by atoms with van der Waals surface area (Å²) in [6.45, 7) is 2.25. The molecule has 0 spiro atoms. The van der Waals surface area contributed by atoms with Crippen LogP contribution in [0.15, 0.2) is 24.3 Å². The molecular formula is C11H14B3NO6. The van der Waals surface area contributed by atoms with Crippen LogP contribution in [0.5, 0.6) is 0 Å². The number of nitrogens with zero attached hydrogens (tertiary/aromatic N) is 1. The molecule has 1 saturated heterocycles. The van der Waals surface area contributed by atoms with Crippen molar-refractivity contribution >= 4 is 33.9 Å². The van der Waals surface area contributed by atoms with Gasteiger partial charge in [0.05, 0.1) is 13.2 Å². The Hall–Kier alpha value is -1.32. The highest BCUT2D eigenvalue weighted by atomic mass is 16.6. The number of amides is 1. The molecular weight excluding hydrogens is 275 g/mol. The van der Waals surface area contributed by atoms with Crippen molar-refractivity contribution in [3.05, 3.63) is 29.8 Å². The van der Waals surface area contributed by atoms with Crippen LogP contribution in [0.3, 0.4) is 0 Å². The molecule has 2 rings (SSSR count). The summed E-state index contributed by atoms with van der Waals surface area (Å²) in [6.07, 6.45) is 0. The van der Waals surface area contributed by atoms with E-state index in [4.69, 9.17) is 23.9 Å². The van der Waals surface area contributed by atoms with E-state index in [2.05, 4.69) is 0 Å². The van der Waals surface area contributed by atoms with Crippen molar-refractivity contribution in [3.63, 3.8) is 0 Å². The highest BCUT2D eigenvalue weighted by Crippen LogP contribution is 2.07. The summed E-state index contributed by atoms with van der Waals surface area (Å²) < 4.78 is 14.8. The largest absolute Gasteiger partial charge is 0.470 e. The van der Waals surface area contributed by atoms with E-state index in [1.807, 2.05) is 0 Å². The van der Waals surface area contributed by atoms with Crippen molar-refractivity contribution in [3.8, 4) is 0 Å². The van der Waals surface area contributed by atoms with Crippen LogP contribution in [-0.2, 0) is 13.9 Å². The fraction of sp³-hybridized carbons (Fsp3) is 0.364. The summed E-state index contributed by atoms with van der Waals surface area (Å²) in [5.74, 6) is -0.0642. The molecule has 0 atom stereocenters. The first kappa shape index (κ1) is 16.1. The highest BCUT2D eigenvalue weighted by Gasteiger charge is 2.23. The third kappa shape index (κ3) is 4.32. The molecule has 21 heavy (non-hydrogen) atoms. The molecule has 1 heterocycles. The lowest BCUT2D eigenvalue weighted by molar-refractivity contribution is 0.0303. The third-order valence-electron chi connectivity index (χ3n) is 3.10. The Morgan fingerprint density at radius 3 is 2.24 bits per heavy atom. The molecule has 10 heteroatoms. The molecule has 0 bridgehead atoms. The first-order chi connectivity index (χ1) is 10.3. The molecule has 108 valence electrons. The minimum absolute atomic E-state index is 0.0642. The second-order valence-corrected chi connectivity index (χ2v) is 4.34. The molecule has 0 aliphatic carbocycles. The molecule has 2 N–H and O–H groups in total. The van der Waals surface area contributed by atoms with Gasteiger partial charge in [-0.15, -0.1) is 0 Å². The predicted octanol–water partition coefficient (Wildman–Crippen LogP) is -2.06. The van der Waals surface area contributed by atoms with Crippen LogP contribution < -0.4 is 5.46 Å². The van der Waals surface area contributed by atoms with Gasteiger partial charge < -0.3 is 28.8 Å². The van der Waals surface area contributed by atoms with E-state index in [1.165, 1.54) is 0 Å². The molecule has 0 saturated carbocycles. The van der Waals surface area contributed by atoms with Gasteiger partial charge >= 0.3 is 22.5 Å². The predicted molar refractivity (Wildman–Crippen MR) is 76.7 cm³/mol. The van der Waals surface area contributed by atoms with E-state index in [-0.39, 0.29) is 5.91 Å². The fourth-order valence-corrected chi connectivity index (χ4v) is 2.03. The maximum atomic E-state index is 12.2. The van der Waals surface area contributed by atoms with Gasteiger partial charge in [0.2, 0.25) is 0 Å². The van der Waals surface area contributed by atoms with Gasteiger partial charge in [-0.3, -0.25) is 4.79 Å². The van der Waals surface area contributed by atoms with E-state index in [9.17, 15) is 4.79 Å². The molecule has 1 aromatic carbocycles. The molecule has 2 radical (unpaired) electrons. The van der Waals surface area contributed by atoms with Crippen LogP contribution in [0.1, 0.15) is 10.4 Å². The lowest BCUT2D eigenvalue weighted by Crippen LogP contribution is -2.41. The number of ether oxygens (including phenoxy) is 1. The Kier molecular flexibility index (Phi) is 6.28. The number of hydrogen-bond donors (Lipinski definition) is 2. The van der Waals surface area contributed by atoms with Crippen LogP contribution in [0, 0.1) is 0 Å². The van der Waals surface area contributed by atoms with Gasteiger partial charge in [-0.25, -0.2) is 0 Å². The van der Waals surface area contributed by atoms with E-state index in [0.29, 0.717) is 52.7 Å². The zero-order valence-corrected chi connectivity index (χ0v) is 11.3. The van der Waals surface area contributed by atoms with Gasteiger partial charge in [0.15, 0.2) is 0 Å². The molecule has 1 fully saturated rings. The maximum Gasteiger partial charge on any atom is 0.470 e. The van der Waals surface area contributed by atoms with Gasteiger partial charge in [0, 0.05) is 18.7 Å². The van der Waals surface area contributed by atoms with Gasteiger partial charge in [-0.05, 0) is 17.6 Å². The molecule has 1 aromatic rings. The van der Waals surface area contributed by atoms with Crippen molar-refractivity contribution < 1.29 is 28.7 Å². The Morgan fingerprint density at radius 1 is 1.14 bits per heavy atom. The maximum absolute atomic E-state index is 12.2. The Labute approximate surface area is 124 Å². The molecule has 1 amide bonds. The zero-order valence-electron chi connectivity index (χ0n) is 11.3. The van der Waals surface area contributed by atoms with E-state index in [1.54, 1.807) is 29.2 Å². The smallest absolute Gasteiger partial charge is 0.450 e. The van der Waals surface area contributed by atoms with Crippen molar-refractivity contribution in [1.29, 1.82) is 0 Å². The SMILES string of the molecule is O=C(c1ccc(B(O[B]O)O[B]O)cc1)N1CCOCC1. The molecule has 0 aromatic heterocycles. The number of morpholine rings is 1. The van der Waals surface area contributed by atoms with Crippen LogP contribution in [0.2, 0.25) is 0 Å². The molecule has 1 aliphatic rings. The Balaban J connectivity index is 2.04. The number of rotatable bonds is 6. The quantitative estimate of drug-likeness (QED) is 0.585. The van der Waals surface area contributed by atoms with Crippen LogP contribution >= 0.6 is 0 Å². The molecule has 1 aliphatic heterocycles. The summed E-state index contributed by atoms with van der Waals surface area (Å²) >= 11 is 0. The second-order valence-electron chi connectivity index (χ2n) is 4.34. The summed E-state index contributed by atoms with van der Waals surface area (Å²) in [4.78, 5) is 14.0. The number of carbonyl (C=O) groups is 1. The van der Waals surface area contributed by atoms with Crippen molar-refractivity contribution in [2.24, 2.45) is 0 Å². The zero-order chi connectivity index (χ0) is 15.1. The summed E-state index contributed by atoms with van der Waals surface area (Å²) in [5, 5.41) is 17.3. The minimum Gasteiger partial charge on any atom is -0.450 e. The average molecular weight is 289 g/mol. The standard InChI is InChI=1S/C11H14B3NO6/c16-11(15-5-7-19-8-6-15)9-1-3-10(4-2-9)14(20-12-17)21-13-18/h1-4,17-18H,5-8H2. The fourth-order valence-electron chi connectivity index (χ4n) is 2.03. The molecule has 0 unspecified atom stereocenters. The first-order valence-corrected chi connectivity index (χ1v) is 6.46. The summed E-state index contributed by atoms with van der Waals surface area (Å²) in [5.41, 5.74) is 1.09. The van der Waals surface area contributed by atoms with Gasteiger partial charge in [0.25, 0.3) is 5.91 Å². The Bertz CT molecular complexity index is 448. The second kappa shape index (κ2) is 8.21. The topological polar surface area (TPSA) is 88.5 Å². The number of hydrogen-bond acceptors (Lipinski definition) is 6. The lowest BCUT2D eigenvalue weighted by Gasteiger charge is -2.27. The highest BCUT2D eigenvalue weighted by molar-refractivity contribution is 6.68. The average Bonchev–Trinajstić information content (AvgIpc) is 2.55. The van der Waals surface area contributed by atoms with Gasteiger partial charge in [-0.1, -0.05) is 12.1 Å². The summed E-state index contributed by atoms with van der Waals surface area (Å²) in [7, 11) is -0.0328. The first-order valence-electron chi connectivity index (χ1n) is 6.46. The van der Waals surface area contributed by atoms with Gasteiger partial charge in [0.1, 0.15) is 0 Å². The lowest BCUT2D eigenvalue weighted by atomic mass is 9.76. The third-order valence-corrected chi connectivity index (χ3v) is 3.10. The van der Waals surface area contributed by atoms with Crippen molar-refractivity contribution in [2.75, 3.05) is 26.3 Å². The Morgan fingerprint density at radius 2 is 1.71 bits per heavy atom. The molecule has 7 nitrogen and oxygen atoms in total. The van der Waals surface area contributed by atoms with Crippen LogP contribution in [-0.4, -0.2) is 69.6 Å². The van der Waals surface area contributed by atoms with Gasteiger partial charge in [-0.2, -0.15) is 0 Å².